The van der Waals surface area contributed by atoms with Crippen molar-refractivity contribution < 1.29 is 9.59 Å². The number of nitrogens with zero attached hydrogens (tertiary/aromatic N) is 1. The number of urea groups is 1. The normalized spacial score (nSPS) is 24.1. The van der Waals surface area contributed by atoms with Gasteiger partial charge in [0, 0.05) is 24.8 Å². The number of nitrogens with one attached hydrogen (secondary N) is 2. The Morgan fingerprint density at radius 1 is 1.40 bits per heavy atom. The van der Waals surface area contributed by atoms with Crippen LogP contribution in [0.1, 0.15) is 25.8 Å². The number of para-hydroxylation sites is 1. The Morgan fingerprint density at radius 3 is 2.90 bits per heavy atom. The number of hydrogen-bond donors (Lipinski definition) is 2. The first-order valence-corrected chi connectivity index (χ1v) is 6.99. The maximum Gasteiger partial charge on any atom is 0.317 e. The van der Waals surface area contributed by atoms with Gasteiger partial charge in [-0.15, -0.1) is 0 Å². The molecule has 2 heterocycles. The molecule has 3 rings (SSSR count). The first kappa shape index (κ1) is 13.0. The van der Waals surface area contributed by atoms with Crippen molar-refractivity contribution in [2.24, 2.45) is 0 Å². The van der Waals surface area contributed by atoms with E-state index in [0.717, 1.165) is 11.3 Å². The zero-order valence-corrected chi connectivity index (χ0v) is 11.8. The Morgan fingerprint density at radius 2 is 2.15 bits per heavy atom. The van der Waals surface area contributed by atoms with Crippen LogP contribution in [0.4, 0.5) is 10.5 Å². The first-order chi connectivity index (χ1) is 9.53. The molecule has 0 aromatic heterocycles. The molecule has 1 unspecified atom stereocenters. The molecule has 2 aliphatic rings. The van der Waals surface area contributed by atoms with E-state index in [4.69, 9.17) is 0 Å². The van der Waals surface area contributed by atoms with Gasteiger partial charge in [-0.25, -0.2) is 4.79 Å². The Labute approximate surface area is 118 Å². The molecule has 5 nitrogen and oxygen atoms in total. The van der Waals surface area contributed by atoms with Crippen molar-refractivity contribution in [1.82, 2.24) is 10.2 Å². The lowest BCUT2D eigenvalue weighted by Crippen LogP contribution is -2.44. The van der Waals surface area contributed by atoms with Gasteiger partial charge in [-0.2, -0.15) is 0 Å². The van der Waals surface area contributed by atoms with E-state index in [0.29, 0.717) is 19.5 Å². The summed E-state index contributed by atoms with van der Waals surface area (Å²) < 4.78 is 0. The third-order valence-corrected chi connectivity index (χ3v) is 4.09. The molecule has 2 N–H and O–H groups in total. The van der Waals surface area contributed by atoms with Gasteiger partial charge in [-0.3, -0.25) is 4.79 Å². The zero-order chi connectivity index (χ0) is 14.3. The summed E-state index contributed by atoms with van der Waals surface area (Å²) in [5, 5.41) is 5.82. The molecule has 1 fully saturated rings. The number of carbonyl (C=O) groups is 2. The Kier molecular flexibility index (Phi) is 2.92. The van der Waals surface area contributed by atoms with Crippen LogP contribution in [-0.4, -0.2) is 36.0 Å². The van der Waals surface area contributed by atoms with Crippen molar-refractivity contribution in [3.05, 3.63) is 29.8 Å². The third kappa shape index (κ3) is 1.85. The van der Waals surface area contributed by atoms with E-state index in [1.54, 1.807) is 4.90 Å². The molecule has 1 aromatic carbocycles. The highest BCUT2D eigenvalue weighted by molar-refractivity contribution is 6.07. The summed E-state index contributed by atoms with van der Waals surface area (Å²) in [7, 11) is 0. The highest BCUT2D eigenvalue weighted by atomic mass is 16.2. The van der Waals surface area contributed by atoms with E-state index in [9.17, 15) is 9.59 Å². The van der Waals surface area contributed by atoms with E-state index in [-0.39, 0.29) is 18.0 Å². The number of anilines is 1. The minimum Gasteiger partial charge on any atom is -0.336 e. The van der Waals surface area contributed by atoms with Gasteiger partial charge < -0.3 is 15.5 Å². The number of rotatable bonds is 1. The smallest absolute Gasteiger partial charge is 0.317 e. The van der Waals surface area contributed by atoms with Gasteiger partial charge in [0.15, 0.2) is 0 Å². The minimum absolute atomic E-state index is 0.0125. The van der Waals surface area contributed by atoms with E-state index in [2.05, 4.69) is 10.6 Å². The summed E-state index contributed by atoms with van der Waals surface area (Å²) >= 11 is 0. The summed E-state index contributed by atoms with van der Waals surface area (Å²) in [6.45, 7) is 4.93. The van der Waals surface area contributed by atoms with Crippen molar-refractivity contribution in [1.29, 1.82) is 0 Å². The number of benzene rings is 1. The van der Waals surface area contributed by atoms with E-state index >= 15 is 0 Å². The molecule has 0 aliphatic carbocycles. The second-order valence-electron chi connectivity index (χ2n) is 5.86. The largest absolute Gasteiger partial charge is 0.336 e. The number of likely N-dealkylation sites (tertiary alicyclic amines) is 1. The predicted octanol–water partition coefficient (Wildman–Crippen LogP) is 1.70. The van der Waals surface area contributed by atoms with Gasteiger partial charge in [0.25, 0.3) is 0 Å². The third-order valence-electron chi connectivity index (χ3n) is 4.09. The molecule has 2 aliphatic heterocycles. The lowest BCUT2D eigenvalue weighted by molar-refractivity contribution is -0.120. The summed E-state index contributed by atoms with van der Waals surface area (Å²) in [4.78, 5) is 26.2. The predicted molar refractivity (Wildman–Crippen MR) is 76.6 cm³/mol. The lowest BCUT2D eigenvalue weighted by Gasteiger charge is -2.23. The van der Waals surface area contributed by atoms with E-state index in [1.807, 2.05) is 38.1 Å². The van der Waals surface area contributed by atoms with Gasteiger partial charge >= 0.3 is 6.03 Å². The molecule has 5 heteroatoms. The number of carbonyl (C=O) groups excluding carboxylic acids is 2. The van der Waals surface area contributed by atoms with Crippen LogP contribution in [-0.2, 0) is 10.2 Å². The lowest BCUT2D eigenvalue weighted by atomic mass is 9.81. The number of hydrogen-bond acceptors (Lipinski definition) is 2. The number of amides is 3. The maximum atomic E-state index is 12.4. The highest BCUT2D eigenvalue weighted by Crippen LogP contribution is 2.43. The van der Waals surface area contributed by atoms with Crippen molar-refractivity contribution in [2.45, 2.75) is 31.7 Å². The Balaban J connectivity index is 1.86. The molecule has 20 heavy (non-hydrogen) atoms. The standard InChI is InChI=1S/C15H19N3O2/c1-10(2)16-14(20)18-8-7-15(9-18)11-5-3-4-6-12(11)17-13(15)19/h3-6,10H,7-9H2,1-2H3,(H,16,20)(H,17,19). The van der Waals surface area contributed by atoms with E-state index < -0.39 is 5.41 Å². The number of fused-ring (bicyclic) bond motifs is 2. The van der Waals surface area contributed by atoms with Crippen molar-refractivity contribution in [3.8, 4) is 0 Å². The molecular formula is C15H19N3O2. The highest BCUT2D eigenvalue weighted by Gasteiger charge is 2.51. The summed E-state index contributed by atoms with van der Waals surface area (Å²) in [5.74, 6) is 0.0125. The topological polar surface area (TPSA) is 61.4 Å². The SMILES string of the molecule is CC(C)NC(=O)N1CCC2(C1)C(=O)Nc1ccccc12. The van der Waals surface area contributed by atoms with Crippen LogP contribution in [0, 0.1) is 0 Å². The van der Waals surface area contributed by atoms with Crippen LogP contribution in [0.2, 0.25) is 0 Å². The van der Waals surface area contributed by atoms with Crippen LogP contribution in [0.5, 0.6) is 0 Å². The molecule has 1 spiro atoms. The van der Waals surface area contributed by atoms with Crippen LogP contribution in [0.25, 0.3) is 0 Å². The van der Waals surface area contributed by atoms with Crippen molar-refractivity contribution >= 4 is 17.6 Å². The molecule has 1 atom stereocenters. The molecule has 106 valence electrons. The monoisotopic (exact) mass is 273 g/mol. The minimum atomic E-state index is -0.565. The molecule has 3 amide bonds. The molecule has 1 aromatic rings. The van der Waals surface area contributed by atoms with Crippen LogP contribution < -0.4 is 10.6 Å². The quantitative estimate of drug-likeness (QED) is 0.818. The molecule has 1 saturated heterocycles. The molecule has 0 radical (unpaired) electrons. The second kappa shape index (κ2) is 4.51. The van der Waals surface area contributed by atoms with Gasteiger partial charge in [0.05, 0.1) is 5.41 Å². The summed E-state index contributed by atoms with van der Waals surface area (Å²) in [5.41, 5.74) is 1.33. The van der Waals surface area contributed by atoms with Crippen LogP contribution in [0.3, 0.4) is 0 Å². The average Bonchev–Trinajstić information content (AvgIpc) is 2.95. The molecular weight excluding hydrogens is 254 g/mol. The maximum absolute atomic E-state index is 12.4. The van der Waals surface area contributed by atoms with Crippen LogP contribution >= 0.6 is 0 Å². The van der Waals surface area contributed by atoms with Gasteiger partial charge in [0.2, 0.25) is 5.91 Å². The summed E-state index contributed by atoms with van der Waals surface area (Å²) in [6, 6.07) is 7.77. The molecule has 0 saturated carbocycles. The van der Waals surface area contributed by atoms with Crippen molar-refractivity contribution in [2.75, 3.05) is 18.4 Å². The molecule has 0 bridgehead atoms. The average molecular weight is 273 g/mol. The van der Waals surface area contributed by atoms with Gasteiger partial charge in [-0.1, -0.05) is 18.2 Å². The second-order valence-corrected chi connectivity index (χ2v) is 5.86. The van der Waals surface area contributed by atoms with Gasteiger partial charge in [0.1, 0.15) is 0 Å². The van der Waals surface area contributed by atoms with Gasteiger partial charge in [-0.05, 0) is 31.9 Å². The van der Waals surface area contributed by atoms with Crippen LogP contribution in [0.15, 0.2) is 24.3 Å². The fraction of sp³-hybridized carbons (Fsp3) is 0.467. The first-order valence-electron chi connectivity index (χ1n) is 6.99. The van der Waals surface area contributed by atoms with E-state index in [1.165, 1.54) is 0 Å². The Bertz CT molecular complexity index is 570. The fourth-order valence-corrected chi connectivity index (χ4v) is 3.10. The Hall–Kier alpha value is -2.04. The zero-order valence-electron chi connectivity index (χ0n) is 11.8. The van der Waals surface area contributed by atoms with Crippen molar-refractivity contribution in [3.63, 3.8) is 0 Å². The fourth-order valence-electron chi connectivity index (χ4n) is 3.10. The summed E-state index contributed by atoms with van der Waals surface area (Å²) in [6.07, 6.45) is 0.682.